The summed E-state index contributed by atoms with van der Waals surface area (Å²) in [5, 5.41) is 6.37. The normalized spacial score (nSPS) is 11.6. The molecule has 1 aromatic carbocycles. The molecule has 2 aromatic heterocycles. The Morgan fingerprint density at radius 2 is 2.03 bits per heavy atom. The highest BCUT2D eigenvalue weighted by atomic mass is 35.5. The number of anilines is 1. The largest absolute Gasteiger partial charge is 0.417 e. The number of fused-ring (bicyclic) bond motifs is 1. The van der Waals surface area contributed by atoms with Gasteiger partial charge in [0.25, 0.3) is 0 Å². The second kappa shape index (κ2) is 9.64. The number of rotatable bonds is 8. The van der Waals surface area contributed by atoms with Crippen molar-refractivity contribution in [3.8, 4) is 0 Å². The quantitative estimate of drug-likeness (QED) is 0.471. The number of benzene rings is 1. The second-order valence-electron chi connectivity index (χ2n) is 5.90. The third-order valence-corrected chi connectivity index (χ3v) is 6.16. The lowest BCUT2D eigenvalue weighted by atomic mass is 10.3. The van der Waals surface area contributed by atoms with Crippen molar-refractivity contribution in [2.75, 3.05) is 24.2 Å². The molecule has 0 bridgehead atoms. The van der Waals surface area contributed by atoms with Gasteiger partial charge in [-0.2, -0.15) is 13.2 Å². The zero-order chi connectivity index (χ0) is 20.9. The number of halogens is 4. The Balaban J connectivity index is 1.36. The Morgan fingerprint density at radius 3 is 2.76 bits per heavy atom. The average Bonchev–Trinajstić information content (AvgIpc) is 3.08. The number of para-hydroxylation sites is 1. The van der Waals surface area contributed by atoms with E-state index < -0.39 is 11.7 Å². The number of nitrogens with zero attached hydrogens (tertiary/aromatic N) is 2. The molecule has 0 saturated heterocycles. The van der Waals surface area contributed by atoms with Gasteiger partial charge in [-0.1, -0.05) is 23.7 Å². The number of thioether (sulfide) groups is 1. The van der Waals surface area contributed by atoms with Gasteiger partial charge >= 0.3 is 6.18 Å². The van der Waals surface area contributed by atoms with Crippen LogP contribution in [0.1, 0.15) is 10.6 Å². The number of pyridine rings is 1. The zero-order valence-corrected chi connectivity index (χ0v) is 17.3. The van der Waals surface area contributed by atoms with Crippen LogP contribution in [0.4, 0.5) is 19.0 Å². The predicted molar refractivity (Wildman–Crippen MR) is 112 cm³/mol. The van der Waals surface area contributed by atoms with E-state index in [-0.39, 0.29) is 29.0 Å². The van der Waals surface area contributed by atoms with Gasteiger partial charge in [0.05, 0.1) is 26.6 Å². The molecule has 154 valence electrons. The fourth-order valence-electron chi connectivity index (χ4n) is 2.37. The molecule has 2 heterocycles. The van der Waals surface area contributed by atoms with Gasteiger partial charge in [0.1, 0.15) is 10.8 Å². The first-order chi connectivity index (χ1) is 13.8. The third kappa shape index (κ3) is 6.22. The minimum atomic E-state index is -4.49. The molecule has 5 nitrogen and oxygen atoms in total. The second-order valence-corrected chi connectivity index (χ2v) is 8.41. The first kappa shape index (κ1) is 21.7. The number of carbonyl (C=O) groups excluding carboxylic acids is 1. The van der Waals surface area contributed by atoms with Crippen LogP contribution in [0.2, 0.25) is 5.02 Å². The highest BCUT2D eigenvalue weighted by molar-refractivity contribution is 7.99. The molecule has 1 amide bonds. The van der Waals surface area contributed by atoms with Gasteiger partial charge in [-0.15, -0.1) is 23.1 Å². The number of aromatic nitrogens is 2. The molecule has 0 atom stereocenters. The maximum atomic E-state index is 12.6. The molecule has 3 aromatic rings. The van der Waals surface area contributed by atoms with Crippen LogP contribution in [0.25, 0.3) is 10.2 Å². The summed E-state index contributed by atoms with van der Waals surface area (Å²) in [7, 11) is 0. The maximum absolute atomic E-state index is 12.6. The van der Waals surface area contributed by atoms with Crippen LogP contribution in [0.5, 0.6) is 0 Å². The van der Waals surface area contributed by atoms with Crippen molar-refractivity contribution in [3.63, 3.8) is 0 Å². The number of hydrogen-bond donors (Lipinski definition) is 2. The van der Waals surface area contributed by atoms with Gasteiger partial charge in [-0.05, 0) is 18.2 Å². The summed E-state index contributed by atoms with van der Waals surface area (Å²) in [4.78, 5) is 20.1. The lowest BCUT2D eigenvalue weighted by Gasteiger charge is -2.11. The van der Waals surface area contributed by atoms with E-state index in [9.17, 15) is 18.0 Å². The predicted octanol–water partition coefficient (Wildman–Crippen LogP) is 4.83. The van der Waals surface area contributed by atoms with Crippen molar-refractivity contribution in [2.24, 2.45) is 0 Å². The van der Waals surface area contributed by atoms with Crippen LogP contribution in [-0.4, -0.2) is 34.7 Å². The van der Waals surface area contributed by atoms with Crippen molar-refractivity contribution >= 4 is 56.6 Å². The van der Waals surface area contributed by atoms with Gasteiger partial charge in [0.15, 0.2) is 0 Å². The highest BCUT2D eigenvalue weighted by Gasteiger charge is 2.31. The van der Waals surface area contributed by atoms with Gasteiger partial charge in [0, 0.05) is 25.0 Å². The Labute approximate surface area is 178 Å². The van der Waals surface area contributed by atoms with Crippen molar-refractivity contribution in [3.05, 3.63) is 52.1 Å². The topological polar surface area (TPSA) is 66.9 Å². The molecule has 0 spiro atoms. The van der Waals surface area contributed by atoms with Gasteiger partial charge in [-0.25, -0.2) is 9.97 Å². The van der Waals surface area contributed by atoms with Crippen molar-refractivity contribution in [1.29, 1.82) is 0 Å². The van der Waals surface area contributed by atoms with Gasteiger partial charge < -0.3 is 10.6 Å². The SMILES string of the molecule is O=C(CSCc1nc2ccccc2s1)NCCNc1ncc(C(F)(F)F)cc1Cl. The van der Waals surface area contributed by atoms with Crippen molar-refractivity contribution < 1.29 is 18.0 Å². The first-order valence-corrected chi connectivity index (χ1v) is 10.8. The Hall–Kier alpha value is -2.04. The number of thiazole rings is 1. The molecule has 0 aliphatic carbocycles. The van der Waals surface area contributed by atoms with Gasteiger partial charge in [-0.3, -0.25) is 4.79 Å². The minimum Gasteiger partial charge on any atom is -0.367 e. The van der Waals surface area contributed by atoms with E-state index in [1.807, 2.05) is 24.3 Å². The Kier molecular flexibility index (Phi) is 7.20. The Bertz CT molecular complexity index is 964. The minimum absolute atomic E-state index is 0.127. The number of amides is 1. The van der Waals surface area contributed by atoms with E-state index in [1.165, 1.54) is 11.8 Å². The summed E-state index contributed by atoms with van der Waals surface area (Å²) < 4.78 is 38.9. The van der Waals surface area contributed by atoms with Crippen LogP contribution in [0, 0.1) is 0 Å². The zero-order valence-electron chi connectivity index (χ0n) is 14.9. The van der Waals surface area contributed by atoms with Gasteiger partial charge in [0.2, 0.25) is 5.91 Å². The summed E-state index contributed by atoms with van der Waals surface area (Å²) in [5.74, 6) is 0.939. The van der Waals surface area contributed by atoms with E-state index in [0.29, 0.717) is 18.5 Å². The summed E-state index contributed by atoms with van der Waals surface area (Å²) >= 11 is 8.89. The molecule has 2 N–H and O–H groups in total. The van der Waals surface area contributed by atoms with Crippen LogP contribution in [0.15, 0.2) is 36.5 Å². The van der Waals surface area contributed by atoms with E-state index >= 15 is 0 Å². The first-order valence-electron chi connectivity index (χ1n) is 8.48. The molecule has 0 saturated carbocycles. The van der Waals surface area contributed by atoms with Crippen molar-refractivity contribution in [2.45, 2.75) is 11.9 Å². The van der Waals surface area contributed by atoms with Crippen LogP contribution in [0.3, 0.4) is 0 Å². The standard InChI is InChI=1S/C18H16ClF3N4OS2/c19-12-7-11(18(20,21)22)8-25-17(12)24-6-5-23-15(27)9-28-10-16-26-13-3-1-2-4-14(13)29-16/h1-4,7-8H,5-6,9-10H2,(H,23,27)(H,24,25). The molecular formula is C18H16ClF3N4OS2. The lowest BCUT2D eigenvalue weighted by molar-refractivity contribution is -0.137. The van der Waals surface area contributed by atoms with Crippen LogP contribution >= 0.6 is 34.7 Å². The van der Waals surface area contributed by atoms with Crippen LogP contribution < -0.4 is 10.6 Å². The average molecular weight is 461 g/mol. The van der Waals surface area contributed by atoms with E-state index in [4.69, 9.17) is 11.6 Å². The Morgan fingerprint density at radius 1 is 1.24 bits per heavy atom. The molecular weight excluding hydrogens is 445 g/mol. The maximum Gasteiger partial charge on any atom is 0.417 e. The third-order valence-electron chi connectivity index (χ3n) is 3.70. The summed E-state index contributed by atoms with van der Waals surface area (Å²) in [6.07, 6.45) is -3.78. The molecule has 11 heteroatoms. The molecule has 0 unspecified atom stereocenters. The smallest absolute Gasteiger partial charge is 0.367 e. The van der Waals surface area contributed by atoms with E-state index in [2.05, 4.69) is 20.6 Å². The lowest BCUT2D eigenvalue weighted by Crippen LogP contribution is -2.30. The fraction of sp³-hybridized carbons (Fsp3) is 0.278. The number of nitrogens with one attached hydrogen (secondary N) is 2. The summed E-state index contributed by atoms with van der Waals surface area (Å²) in [6, 6.07) is 8.68. The number of hydrogen-bond acceptors (Lipinski definition) is 6. The molecule has 0 aliphatic rings. The van der Waals surface area contributed by atoms with E-state index in [0.717, 1.165) is 21.3 Å². The molecule has 0 aliphatic heterocycles. The molecule has 29 heavy (non-hydrogen) atoms. The number of carbonyl (C=O) groups is 1. The number of alkyl halides is 3. The summed E-state index contributed by atoms with van der Waals surface area (Å²) in [6.45, 7) is 0.575. The monoisotopic (exact) mass is 460 g/mol. The summed E-state index contributed by atoms with van der Waals surface area (Å²) in [5.41, 5.74) is 0.0469. The van der Waals surface area contributed by atoms with E-state index in [1.54, 1.807) is 11.3 Å². The highest BCUT2D eigenvalue weighted by Crippen LogP contribution is 2.32. The fourth-order valence-corrected chi connectivity index (χ4v) is 4.48. The molecule has 3 rings (SSSR count). The van der Waals surface area contributed by atoms with Crippen LogP contribution in [-0.2, 0) is 16.7 Å². The van der Waals surface area contributed by atoms with Crippen molar-refractivity contribution in [1.82, 2.24) is 15.3 Å². The molecule has 0 fully saturated rings. The molecule has 0 radical (unpaired) electrons.